The molecule has 0 radical (unpaired) electrons. The molecule has 0 bridgehead atoms. The van der Waals surface area contributed by atoms with Crippen LogP contribution in [-0.4, -0.2) is 169 Å². The largest absolute Gasteiger partial charge is 0.468 e. The number of anilines is 3. The van der Waals surface area contributed by atoms with E-state index in [1.807, 2.05) is 13.8 Å². The second-order valence-electron chi connectivity index (χ2n) is 19.3. The number of aryl methyl sites for hydroxylation is 7. The molecule has 6 N–H and O–H groups in total. The number of pyridine rings is 2. The quantitative estimate of drug-likeness (QED) is 0.0231. The molecule has 2 aliphatic heterocycles. The van der Waals surface area contributed by atoms with E-state index in [0.29, 0.717) is 44.3 Å². The van der Waals surface area contributed by atoms with Crippen LogP contribution in [0.5, 0.6) is 0 Å². The molecule has 0 fully saturated rings. The van der Waals surface area contributed by atoms with Gasteiger partial charge < -0.3 is 55.5 Å². The summed E-state index contributed by atoms with van der Waals surface area (Å²) in [5.41, 5.74) is 10.5. The number of aliphatic hydroxyl groups excluding tert-OH is 1. The van der Waals surface area contributed by atoms with Crippen LogP contribution in [0.25, 0.3) is 0 Å². The van der Waals surface area contributed by atoms with Crippen molar-refractivity contribution in [1.29, 1.82) is 0 Å². The Morgan fingerprint density at radius 2 is 1.21 bits per heavy atom. The number of hydrogen-bond donors (Lipinski definition) is 5. The third-order valence-electron chi connectivity index (χ3n) is 12.3. The average molecular weight is 1120 g/mol. The third-order valence-corrected chi connectivity index (χ3v) is 12.5. The van der Waals surface area contributed by atoms with Crippen molar-refractivity contribution in [1.82, 2.24) is 39.7 Å². The van der Waals surface area contributed by atoms with Crippen LogP contribution in [0.4, 0.5) is 30.6 Å². The Morgan fingerprint density at radius 3 is 1.67 bits per heavy atom. The van der Waals surface area contributed by atoms with Crippen molar-refractivity contribution in [3.63, 3.8) is 0 Å². The molecule has 78 heavy (non-hydrogen) atoms. The SMILES string of the molecule is CC(C)O.COCCN(CCCCc1ccc2c(n1)NCCC2)CC[C@H](N)C(=O)OC.COCCN(CCCCc1ccc2c(n1)NCCC2)CC[C@H](Nc1cc(C(F)(F)F)nc(C)n1)C(=O)OC.Cc1cc(Cl)nc(C)n1. The van der Waals surface area contributed by atoms with Crippen LogP contribution < -0.4 is 21.7 Å². The highest BCUT2D eigenvalue weighted by Crippen LogP contribution is 2.29. The first-order valence-electron chi connectivity index (χ1n) is 26.9. The maximum absolute atomic E-state index is 13.2. The molecule has 2 aliphatic rings. The number of nitrogens with two attached hydrogens (primary N) is 1. The lowest BCUT2D eigenvalue weighted by Gasteiger charge is -2.25. The summed E-state index contributed by atoms with van der Waals surface area (Å²) in [7, 11) is 5.95. The maximum atomic E-state index is 13.2. The van der Waals surface area contributed by atoms with Crippen LogP contribution in [0.1, 0.15) is 111 Å². The van der Waals surface area contributed by atoms with E-state index in [-0.39, 0.29) is 23.7 Å². The van der Waals surface area contributed by atoms with Gasteiger partial charge in [0.2, 0.25) is 0 Å². The van der Waals surface area contributed by atoms with Crippen molar-refractivity contribution in [3.8, 4) is 0 Å². The zero-order valence-electron chi connectivity index (χ0n) is 47.3. The third kappa shape index (κ3) is 27.0. The van der Waals surface area contributed by atoms with Crippen LogP contribution >= 0.6 is 11.6 Å². The lowest BCUT2D eigenvalue weighted by molar-refractivity contribution is -0.143. The smallest absolute Gasteiger partial charge is 0.433 e. The molecule has 0 aliphatic carbocycles. The lowest BCUT2D eigenvalue weighted by Crippen LogP contribution is -2.37. The number of esters is 2. The van der Waals surface area contributed by atoms with E-state index in [1.54, 1.807) is 34.1 Å². The van der Waals surface area contributed by atoms with Gasteiger partial charge >= 0.3 is 18.1 Å². The monoisotopic (exact) mass is 1120 g/mol. The Balaban J connectivity index is 0.000000344. The van der Waals surface area contributed by atoms with Gasteiger partial charge in [-0.25, -0.2) is 34.7 Å². The zero-order valence-corrected chi connectivity index (χ0v) is 48.1. The minimum atomic E-state index is -4.62. The van der Waals surface area contributed by atoms with Crippen molar-refractivity contribution >= 4 is 41.0 Å². The van der Waals surface area contributed by atoms with Crippen LogP contribution in [0, 0.1) is 20.8 Å². The number of hydrogen-bond acceptors (Lipinski definition) is 19. The van der Waals surface area contributed by atoms with Crippen molar-refractivity contribution in [2.75, 3.05) is 110 Å². The Kier molecular flexibility index (Phi) is 31.5. The van der Waals surface area contributed by atoms with Crippen LogP contribution in [-0.2, 0) is 60.4 Å². The Bertz CT molecular complexity index is 2320. The van der Waals surface area contributed by atoms with Crippen LogP contribution in [0.15, 0.2) is 36.4 Å². The van der Waals surface area contributed by atoms with Gasteiger partial charge in [0.05, 0.1) is 27.4 Å². The van der Waals surface area contributed by atoms with Gasteiger partial charge in [0.15, 0.2) is 0 Å². The number of aromatic nitrogens is 6. The van der Waals surface area contributed by atoms with Crippen molar-refractivity contribution < 1.29 is 46.8 Å². The topological polar surface area (TPSA) is 237 Å². The standard InChI is InChI=1S/C26H37F3N6O3.C20H34N4O3.C6H7ClN2.C3H8O/c1-18-31-22(26(27,28)29)17-23(32-18)34-21(25(36)38-3)11-14-35(15-16-37-2)13-5-4-8-20-10-9-19-7-6-12-30-24(19)33-20;1-26-15-14-24(13-10-18(21)20(25)27-2)12-4-3-7-17-9-8-16-6-5-11-22-19(16)23-17;1-4-3-6(7)9-5(2)8-4;1-3(2)4/h9-10,17,21H,4-8,11-16H2,1-3H3,(H,30,33)(H,31,32,34);8-9,18H,3-7,10-15,21H2,1-2H3,(H,22,23);3H,1-2H3;3-4H,1-2H3/t21-;18-;;/m00../s1. The summed E-state index contributed by atoms with van der Waals surface area (Å²) in [5, 5.41) is 18.1. The summed E-state index contributed by atoms with van der Waals surface area (Å²) < 4.78 is 59.6. The van der Waals surface area contributed by atoms with Crippen LogP contribution in [0.2, 0.25) is 5.15 Å². The van der Waals surface area contributed by atoms with Gasteiger partial charge in [0.1, 0.15) is 52.0 Å². The number of methoxy groups -OCH3 is 4. The van der Waals surface area contributed by atoms with E-state index in [9.17, 15) is 22.8 Å². The summed E-state index contributed by atoms with van der Waals surface area (Å²) in [6.45, 7) is 16.2. The minimum absolute atomic E-state index is 0.0446. The highest BCUT2D eigenvalue weighted by Gasteiger charge is 2.34. The van der Waals surface area contributed by atoms with E-state index in [2.05, 4.69) is 70.0 Å². The zero-order chi connectivity index (χ0) is 57.5. The first-order chi connectivity index (χ1) is 37.2. The molecule has 0 spiro atoms. The molecule has 0 unspecified atom stereocenters. The summed E-state index contributed by atoms with van der Waals surface area (Å²) >= 11 is 5.60. The normalized spacial score (nSPS) is 13.5. The number of carbonyl (C=O) groups excluding carboxylic acids is 2. The number of ether oxygens (including phenoxy) is 4. The van der Waals surface area contributed by atoms with E-state index < -0.39 is 29.9 Å². The lowest BCUT2D eigenvalue weighted by atomic mass is 10.1. The molecule has 4 aromatic heterocycles. The molecule has 0 saturated carbocycles. The van der Waals surface area contributed by atoms with Crippen molar-refractivity contribution in [2.24, 2.45) is 5.73 Å². The van der Waals surface area contributed by atoms with Gasteiger partial charge in [-0.2, -0.15) is 13.2 Å². The predicted molar refractivity (Wildman–Crippen MR) is 299 cm³/mol. The first-order valence-corrected chi connectivity index (χ1v) is 27.3. The summed E-state index contributed by atoms with van der Waals surface area (Å²) in [6.07, 6.45) is 6.50. The van der Waals surface area contributed by atoms with Gasteiger partial charge in [-0.15, -0.1) is 0 Å². The summed E-state index contributed by atoms with van der Waals surface area (Å²) in [5.74, 6) is 1.74. The second-order valence-corrected chi connectivity index (χ2v) is 19.7. The van der Waals surface area contributed by atoms with E-state index in [4.69, 9.17) is 51.4 Å². The van der Waals surface area contributed by atoms with E-state index >= 15 is 0 Å². The number of carbonyl (C=O) groups is 2. The van der Waals surface area contributed by atoms with Crippen molar-refractivity contribution in [3.05, 3.63) is 87.1 Å². The number of alkyl halides is 3. The fourth-order valence-corrected chi connectivity index (χ4v) is 8.62. The molecule has 23 heteroatoms. The molecule has 2 atom stereocenters. The Labute approximate surface area is 464 Å². The van der Waals surface area contributed by atoms with Gasteiger partial charge in [0.25, 0.3) is 0 Å². The molecule has 0 amide bonds. The molecule has 6 rings (SSSR count). The highest BCUT2D eigenvalue weighted by atomic mass is 35.5. The number of unbranched alkanes of at least 4 members (excludes halogenated alkanes) is 2. The van der Waals surface area contributed by atoms with E-state index in [0.717, 1.165) is 138 Å². The fourth-order valence-electron chi connectivity index (χ4n) is 8.34. The maximum Gasteiger partial charge on any atom is 0.433 e. The average Bonchev–Trinajstić information content (AvgIpc) is 3.40. The minimum Gasteiger partial charge on any atom is -0.468 e. The molecule has 6 heterocycles. The predicted octanol–water partition coefficient (Wildman–Crippen LogP) is 7.61. The Hall–Kier alpha value is -5.36. The molecule has 436 valence electrons. The Morgan fingerprint density at radius 1 is 0.705 bits per heavy atom. The molecule has 0 saturated heterocycles. The highest BCUT2D eigenvalue weighted by molar-refractivity contribution is 6.29. The van der Waals surface area contributed by atoms with E-state index in [1.165, 1.54) is 38.7 Å². The van der Waals surface area contributed by atoms with Gasteiger partial charge in [-0.3, -0.25) is 4.79 Å². The number of rotatable bonds is 26. The van der Waals surface area contributed by atoms with Crippen molar-refractivity contribution in [2.45, 2.75) is 136 Å². The second kappa shape index (κ2) is 36.7. The number of halogens is 4. The number of nitrogens with zero attached hydrogens (tertiary/aromatic N) is 8. The molecule has 0 aromatic carbocycles. The molecular formula is C55H86ClF3N12O7. The molecule has 19 nitrogen and oxygen atoms in total. The molecule has 4 aromatic rings. The van der Waals surface area contributed by atoms with Gasteiger partial charge in [-0.05, 0) is 154 Å². The fraction of sp³-hybridized carbons (Fsp3) is 0.636. The van der Waals surface area contributed by atoms with Gasteiger partial charge in [-0.1, -0.05) is 23.7 Å². The van der Waals surface area contributed by atoms with Gasteiger partial charge in [0, 0.05) is 82.7 Å². The van der Waals surface area contributed by atoms with Crippen LogP contribution in [0.3, 0.4) is 0 Å². The first kappa shape index (κ1) is 66.9. The molecular weight excluding hydrogens is 1030 g/mol. The number of aliphatic hydroxyl groups is 1. The summed E-state index contributed by atoms with van der Waals surface area (Å²) in [4.78, 5) is 53.3. The number of fused-ring (bicyclic) bond motifs is 2. The summed E-state index contributed by atoms with van der Waals surface area (Å²) in [6, 6.07) is 9.73. The number of nitrogens with one attached hydrogen (secondary N) is 3.